The van der Waals surface area contributed by atoms with E-state index in [9.17, 15) is 26.4 Å². The van der Waals surface area contributed by atoms with Crippen molar-refractivity contribution >= 4 is 44.0 Å². The quantitative estimate of drug-likeness (QED) is 0.227. The van der Waals surface area contributed by atoms with Crippen LogP contribution in [0.5, 0.6) is 5.75 Å². The number of fused-ring (bicyclic) bond motifs is 5. The topological polar surface area (TPSA) is 77.8 Å². The fraction of sp³-hybridized carbons (Fsp3) is 0.364. The summed E-state index contributed by atoms with van der Waals surface area (Å²) in [4.78, 5) is 14.2. The van der Waals surface area contributed by atoms with Crippen molar-refractivity contribution in [2.45, 2.75) is 69.7 Å². The Hall–Kier alpha value is -3.99. The summed E-state index contributed by atoms with van der Waals surface area (Å²) in [5.41, 5.74) is -1.53. The number of halogens is 3. The minimum absolute atomic E-state index is 0.0128. The van der Waals surface area contributed by atoms with Crippen molar-refractivity contribution < 1.29 is 35.9 Å². The van der Waals surface area contributed by atoms with Crippen LogP contribution in [0.25, 0.3) is 27.9 Å². The molecule has 1 amide bonds. The predicted octanol–water partition coefficient (Wildman–Crippen LogP) is 7.84. The second kappa shape index (κ2) is 10.0. The first-order valence-electron chi connectivity index (χ1n) is 14.4. The molecule has 0 aliphatic carbocycles. The number of benzene rings is 3. The molecular weight excluding hydrogens is 593 g/mol. The number of aryl methyl sites for hydroxylation is 1. The van der Waals surface area contributed by atoms with Crippen molar-refractivity contribution in [3.05, 3.63) is 76.9 Å². The van der Waals surface area contributed by atoms with E-state index >= 15 is 0 Å². The Balaban J connectivity index is 1.56. The van der Waals surface area contributed by atoms with Gasteiger partial charge in [0.15, 0.2) is 0 Å². The molecule has 1 spiro atoms. The van der Waals surface area contributed by atoms with Crippen LogP contribution in [0.1, 0.15) is 55.9 Å². The average Bonchev–Trinajstić information content (AvgIpc) is 3.28. The molecule has 0 saturated carbocycles. The Kier molecular flexibility index (Phi) is 6.84. The van der Waals surface area contributed by atoms with Crippen molar-refractivity contribution in [3.8, 4) is 5.75 Å². The third-order valence-electron chi connectivity index (χ3n) is 8.26. The summed E-state index contributed by atoms with van der Waals surface area (Å²) < 4.78 is 86.3. The van der Waals surface area contributed by atoms with Gasteiger partial charge in [0.05, 0.1) is 21.5 Å². The molecule has 0 atom stereocenters. The summed E-state index contributed by atoms with van der Waals surface area (Å²) >= 11 is 0. The number of nitrogens with zero attached hydrogens (tertiary/aromatic N) is 2. The van der Waals surface area contributed by atoms with Gasteiger partial charge in [-0.05, 0) is 65.0 Å². The van der Waals surface area contributed by atoms with Gasteiger partial charge in [0.1, 0.15) is 17.0 Å². The maximum absolute atomic E-state index is 15.0. The molecule has 44 heavy (non-hydrogen) atoms. The number of alkyl halides is 3. The van der Waals surface area contributed by atoms with Crippen molar-refractivity contribution in [2.24, 2.45) is 0 Å². The van der Waals surface area contributed by atoms with Crippen molar-refractivity contribution in [2.75, 3.05) is 13.1 Å². The summed E-state index contributed by atoms with van der Waals surface area (Å²) in [7, 11) is -4.34. The monoisotopic (exact) mass is 626 g/mol. The maximum atomic E-state index is 15.0. The number of para-hydroxylation sites is 1. The Labute approximate surface area is 253 Å². The third-order valence-corrected chi connectivity index (χ3v) is 9.99. The molecular formula is C33H33F3N2O5S. The van der Waals surface area contributed by atoms with Crippen molar-refractivity contribution in [3.63, 3.8) is 0 Å². The van der Waals surface area contributed by atoms with Gasteiger partial charge < -0.3 is 14.4 Å². The molecule has 11 heteroatoms. The van der Waals surface area contributed by atoms with Gasteiger partial charge in [-0.2, -0.15) is 13.2 Å². The fourth-order valence-corrected chi connectivity index (χ4v) is 7.70. The summed E-state index contributed by atoms with van der Waals surface area (Å²) in [5.74, 6) is -0.0128. The largest absolute Gasteiger partial charge is 0.482 e. The average molecular weight is 627 g/mol. The molecule has 1 fully saturated rings. The van der Waals surface area contributed by atoms with E-state index < -0.39 is 39.1 Å². The standard InChI is InChI=1S/C33H33F3N2O5S/c1-20-10-12-22(13-11-20)44(40,41)38-25-9-7-6-8-23(25)26-27(33(34,35)36)21(2)29-24(28(26)38)14-15-32(42-29)16-18-37(19-17-32)30(39)43-31(3,4)5/h6-15H,16-19H2,1-5H3. The SMILES string of the molecule is Cc1ccc(S(=O)(=O)n2c3ccccc3c3c(C(F)(F)F)c(C)c4c(c32)C=CC2(CCN(C(=O)OC(C)(C)C)CC2)O4)cc1. The molecule has 0 radical (unpaired) electrons. The number of ether oxygens (including phenoxy) is 2. The Morgan fingerprint density at radius 2 is 1.61 bits per heavy atom. The lowest BCUT2D eigenvalue weighted by Crippen LogP contribution is -2.50. The van der Waals surface area contributed by atoms with E-state index in [2.05, 4.69) is 0 Å². The van der Waals surface area contributed by atoms with E-state index in [-0.39, 0.29) is 56.7 Å². The third kappa shape index (κ3) is 4.91. The van der Waals surface area contributed by atoms with Crippen molar-refractivity contribution in [1.29, 1.82) is 0 Å². The number of hydrogen-bond acceptors (Lipinski definition) is 5. The van der Waals surface area contributed by atoms with Gasteiger partial charge in [0.2, 0.25) is 0 Å². The molecule has 2 aliphatic heterocycles. The van der Waals surface area contributed by atoms with Gasteiger partial charge in [-0.25, -0.2) is 17.2 Å². The molecule has 1 saturated heterocycles. The Morgan fingerprint density at radius 1 is 0.977 bits per heavy atom. The Morgan fingerprint density at radius 3 is 2.23 bits per heavy atom. The number of rotatable bonds is 2. The van der Waals surface area contributed by atoms with Gasteiger partial charge in [-0.15, -0.1) is 0 Å². The number of amides is 1. The molecule has 232 valence electrons. The lowest BCUT2D eigenvalue weighted by Gasteiger charge is -2.42. The summed E-state index contributed by atoms with van der Waals surface area (Å²) in [6, 6.07) is 12.4. The number of likely N-dealkylation sites (tertiary alicyclic amines) is 1. The zero-order valence-electron chi connectivity index (χ0n) is 25.1. The summed E-state index contributed by atoms with van der Waals surface area (Å²) in [5, 5.41) is -0.0141. The highest BCUT2D eigenvalue weighted by molar-refractivity contribution is 7.90. The number of aromatic nitrogens is 1. The minimum atomic E-state index is -4.81. The number of carbonyl (C=O) groups excluding carboxylic acids is 1. The van der Waals surface area contributed by atoms with Gasteiger partial charge in [0.25, 0.3) is 10.0 Å². The first-order chi connectivity index (χ1) is 20.5. The second-order valence-corrected chi connectivity index (χ2v) is 14.3. The van der Waals surface area contributed by atoms with Crippen LogP contribution in [-0.4, -0.2) is 47.7 Å². The maximum Gasteiger partial charge on any atom is 0.417 e. The molecule has 4 aromatic rings. The molecule has 0 N–H and O–H groups in total. The van der Waals surface area contributed by atoms with Crippen LogP contribution in [0.2, 0.25) is 0 Å². The lowest BCUT2D eigenvalue weighted by molar-refractivity contribution is -0.136. The second-order valence-electron chi connectivity index (χ2n) is 12.5. The van der Waals surface area contributed by atoms with Crippen LogP contribution in [0, 0.1) is 13.8 Å². The van der Waals surface area contributed by atoms with Crippen LogP contribution in [-0.2, 0) is 20.9 Å². The summed E-state index contributed by atoms with van der Waals surface area (Å²) in [6.45, 7) is 9.08. The zero-order valence-corrected chi connectivity index (χ0v) is 25.9. The van der Waals surface area contributed by atoms with E-state index in [1.807, 2.05) is 6.92 Å². The van der Waals surface area contributed by atoms with E-state index in [0.717, 1.165) is 9.54 Å². The molecule has 6 rings (SSSR count). The molecule has 7 nitrogen and oxygen atoms in total. The van der Waals surface area contributed by atoms with Gasteiger partial charge in [-0.1, -0.05) is 35.9 Å². The van der Waals surface area contributed by atoms with E-state index in [1.54, 1.807) is 62.1 Å². The van der Waals surface area contributed by atoms with E-state index in [1.165, 1.54) is 31.2 Å². The fourth-order valence-electron chi connectivity index (χ4n) is 6.16. The number of carbonyl (C=O) groups is 1. The van der Waals surface area contributed by atoms with Gasteiger partial charge in [0, 0.05) is 47.8 Å². The predicted molar refractivity (Wildman–Crippen MR) is 162 cm³/mol. The van der Waals surface area contributed by atoms with Crippen LogP contribution in [0.15, 0.2) is 59.5 Å². The highest BCUT2D eigenvalue weighted by Gasteiger charge is 2.44. The first-order valence-corrected chi connectivity index (χ1v) is 15.8. The molecule has 2 aliphatic rings. The molecule has 3 heterocycles. The number of piperidine rings is 1. The van der Waals surface area contributed by atoms with Gasteiger partial charge >= 0.3 is 12.3 Å². The van der Waals surface area contributed by atoms with Crippen LogP contribution >= 0.6 is 0 Å². The van der Waals surface area contributed by atoms with Crippen molar-refractivity contribution in [1.82, 2.24) is 8.87 Å². The number of hydrogen-bond donors (Lipinski definition) is 0. The molecule has 3 aromatic carbocycles. The molecule has 0 unspecified atom stereocenters. The zero-order chi connectivity index (χ0) is 31.8. The van der Waals surface area contributed by atoms with Gasteiger partial charge in [-0.3, -0.25) is 0 Å². The van der Waals surface area contributed by atoms with Crippen LogP contribution in [0.4, 0.5) is 18.0 Å². The smallest absolute Gasteiger partial charge is 0.417 e. The van der Waals surface area contributed by atoms with E-state index in [4.69, 9.17) is 9.47 Å². The molecule has 1 aromatic heterocycles. The first kappa shape index (κ1) is 30.1. The normalized spacial score (nSPS) is 16.8. The van der Waals surface area contributed by atoms with Crippen LogP contribution < -0.4 is 4.74 Å². The lowest BCUT2D eigenvalue weighted by atomic mass is 9.86. The summed E-state index contributed by atoms with van der Waals surface area (Å²) in [6.07, 6.45) is -1.16. The molecule has 0 bridgehead atoms. The highest BCUT2D eigenvalue weighted by Crippen LogP contribution is 2.51. The van der Waals surface area contributed by atoms with E-state index in [0.29, 0.717) is 12.8 Å². The Bertz CT molecular complexity index is 1940. The highest BCUT2D eigenvalue weighted by atomic mass is 32.2. The van der Waals surface area contributed by atoms with Crippen LogP contribution in [0.3, 0.4) is 0 Å². The minimum Gasteiger partial charge on any atom is -0.482 e.